The molecule has 1 aromatic rings. The van der Waals surface area contributed by atoms with Crippen LogP contribution in [0.2, 0.25) is 0 Å². The number of hydrogen-bond donors (Lipinski definition) is 0. The van der Waals surface area contributed by atoms with E-state index in [-0.39, 0.29) is 0 Å². The summed E-state index contributed by atoms with van der Waals surface area (Å²) < 4.78 is 12.0. The predicted octanol–water partition coefficient (Wildman–Crippen LogP) is 3.92. The number of ether oxygens (including phenoxy) is 2. The van der Waals surface area contributed by atoms with Crippen LogP contribution in [0.25, 0.3) is 0 Å². The Hall–Kier alpha value is -0.540. The Balaban J connectivity index is 1.91. The molecule has 0 unspecified atom stereocenters. The van der Waals surface area contributed by atoms with Crippen molar-refractivity contribution < 1.29 is 9.47 Å². The minimum absolute atomic E-state index is 0.473. The average molecular weight is 285 g/mol. The second-order valence-electron chi connectivity index (χ2n) is 4.19. The summed E-state index contributed by atoms with van der Waals surface area (Å²) in [5.41, 5.74) is 1.19. The van der Waals surface area contributed by atoms with Gasteiger partial charge in [0.2, 0.25) is 0 Å². The molecule has 1 aromatic carbocycles. The smallest absolute Gasteiger partial charge is 0.133 e. The van der Waals surface area contributed by atoms with Crippen molar-refractivity contribution in [2.45, 2.75) is 38.4 Å². The van der Waals surface area contributed by atoms with E-state index in [9.17, 15) is 0 Å². The van der Waals surface area contributed by atoms with Crippen LogP contribution in [0.5, 0.6) is 5.75 Å². The molecule has 0 spiro atoms. The van der Waals surface area contributed by atoms with Crippen LogP contribution < -0.4 is 4.74 Å². The van der Waals surface area contributed by atoms with Gasteiger partial charge in [0.1, 0.15) is 5.75 Å². The van der Waals surface area contributed by atoms with Crippen molar-refractivity contribution in [2.75, 3.05) is 7.11 Å². The van der Waals surface area contributed by atoms with Gasteiger partial charge >= 0.3 is 0 Å². The molecule has 1 saturated carbocycles. The van der Waals surface area contributed by atoms with E-state index in [1.54, 1.807) is 7.11 Å². The number of rotatable bonds is 4. The summed E-state index contributed by atoms with van der Waals surface area (Å²) in [5.74, 6) is 0.865. The van der Waals surface area contributed by atoms with Gasteiger partial charge in [-0.15, -0.1) is 0 Å². The molecule has 0 bridgehead atoms. The molecule has 3 heteroatoms. The minimum atomic E-state index is 0.473. The van der Waals surface area contributed by atoms with Gasteiger partial charge in [-0.3, -0.25) is 0 Å². The maximum Gasteiger partial charge on any atom is 0.133 e. The van der Waals surface area contributed by atoms with Crippen molar-refractivity contribution in [2.24, 2.45) is 0 Å². The van der Waals surface area contributed by atoms with E-state index in [2.05, 4.69) is 28.1 Å². The Morgan fingerprint density at radius 3 is 2.69 bits per heavy atom. The van der Waals surface area contributed by atoms with Crippen molar-refractivity contribution in [3.05, 3.63) is 28.2 Å². The van der Waals surface area contributed by atoms with Crippen molar-refractivity contribution in [1.82, 2.24) is 0 Å². The van der Waals surface area contributed by atoms with E-state index in [4.69, 9.17) is 9.47 Å². The van der Waals surface area contributed by atoms with Gasteiger partial charge in [0.05, 0.1) is 24.3 Å². The summed E-state index contributed by atoms with van der Waals surface area (Å²) in [6.07, 6.45) is 5.55. The second-order valence-corrected chi connectivity index (χ2v) is 5.04. The first-order chi connectivity index (χ1) is 7.79. The summed E-state index contributed by atoms with van der Waals surface area (Å²) >= 11 is 3.48. The van der Waals surface area contributed by atoms with Gasteiger partial charge in [0.15, 0.2) is 0 Å². The third kappa shape index (κ3) is 2.98. The average Bonchev–Trinajstić information content (AvgIpc) is 2.79. The molecule has 0 atom stereocenters. The maximum absolute atomic E-state index is 5.86. The van der Waals surface area contributed by atoms with Crippen LogP contribution in [-0.2, 0) is 11.3 Å². The first-order valence-corrected chi connectivity index (χ1v) is 6.53. The molecule has 2 rings (SSSR count). The summed E-state index contributed by atoms with van der Waals surface area (Å²) in [6.45, 7) is 0.702. The van der Waals surface area contributed by atoms with E-state index >= 15 is 0 Å². The largest absolute Gasteiger partial charge is 0.496 e. The van der Waals surface area contributed by atoms with Gasteiger partial charge in [0.25, 0.3) is 0 Å². The zero-order valence-electron chi connectivity index (χ0n) is 9.54. The Labute approximate surface area is 105 Å². The molecule has 0 amide bonds. The molecule has 0 heterocycles. The minimum Gasteiger partial charge on any atom is -0.496 e. The van der Waals surface area contributed by atoms with Crippen LogP contribution in [-0.4, -0.2) is 13.2 Å². The maximum atomic E-state index is 5.86. The third-order valence-corrected chi connectivity index (χ3v) is 3.62. The highest BCUT2D eigenvalue weighted by molar-refractivity contribution is 9.10. The van der Waals surface area contributed by atoms with E-state index in [1.807, 2.05) is 6.07 Å². The van der Waals surface area contributed by atoms with Gasteiger partial charge in [-0.1, -0.05) is 18.9 Å². The second kappa shape index (κ2) is 5.69. The zero-order valence-corrected chi connectivity index (χ0v) is 11.1. The quantitative estimate of drug-likeness (QED) is 0.834. The van der Waals surface area contributed by atoms with E-state index in [0.29, 0.717) is 12.7 Å². The normalized spacial score (nSPS) is 16.6. The molecular formula is C13H17BrO2. The third-order valence-electron chi connectivity index (χ3n) is 3.00. The number of methoxy groups -OCH3 is 1. The van der Waals surface area contributed by atoms with Gasteiger partial charge in [-0.2, -0.15) is 0 Å². The Kier molecular flexibility index (Phi) is 4.24. The van der Waals surface area contributed by atoms with Crippen molar-refractivity contribution in [3.8, 4) is 5.75 Å². The Bertz CT molecular complexity index is 346. The molecule has 0 aliphatic heterocycles. The van der Waals surface area contributed by atoms with E-state index < -0.39 is 0 Å². The van der Waals surface area contributed by atoms with Crippen molar-refractivity contribution in [3.63, 3.8) is 0 Å². The fourth-order valence-electron chi connectivity index (χ4n) is 2.07. The summed E-state index contributed by atoms with van der Waals surface area (Å²) in [4.78, 5) is 0. The molecule has 1 aliphatic rings. The van der Waals surface area contributed by atoms with Crippen LogP contribution in [0.4, 0.5) is 0 Å². The van der Waals surface area contributed by atoms with Crippen molar-refractivity contribution >= 4 is 15.9 Å². The molecule has 88 valence electrons. The molecule has 1 fully saturated rings. The Morgan fingerprint density at radius 1 is 1.31 bits per heavy atom. The summed E-state index contributed by atoms with van der Waals surface area (Å²) in [7, 11) is 1.68. The van der Waals surface area contributed by atoms with Crippen LogP contribution in [0.3, 0.4) is 0 Å². The zero-order chi connectivity index (χ0) is 11.4. The number of halogens is 1. The van der Waals surface area contributed by atoms with Crippen LogP contribution in [0.15, 0.2) is 22.7 Å². The molecule has 2 nitrogen and oxygen atoms in total. The predicted molar refractivity (Wildman–Crippen MR) is 67.7 cm³/mol. The molecule has 0 radical (unpaired) electrons. The van der Waals surface area contributed by atoms with Crippen LogP contribution >= 0.6 is 15.9 Å². The standard InChI is InChI=1S/C13H17BrO2/c1-15-13-7-6-10(8-12(13)14)9-16-11-4-2-3-5-11/h6-8,11H,2-5,9H2,1H3. The fraction of sp³-hybridized carbons (Fsp3) is 0.538. The summed E-state index contributed by atoms with van der Waals surface area (Å²) in [5, 5.41) is 0. The topological polar surface area (TPSA) is 18.5 Å². The first kappa shape index (κ1) is 11.9. The monoisotopic (exact) mass is 284 g/mol. The highest BCUT2D eigenvalue weighted by Gasteiger charge is 2.15. The van der Waals surface area contributed by atoms with Gasteiger partial charge in [-0.25, -0.2) is 0 Å². The SMILES string of the molecule is COc1ccc(COC2CCCC2)cc1Br. The van der Waals surface area contributed by atoms with E-state index in [1.165, 1.54) is 31.2 Å². The van der Waals surface area contributed by atoms with Gasteiger partial charge in [0, 0.05) is 0 Å². The van der Waals surface area contributed by atoms with Crippen LogP contribution in [0.1, 0.15) is 31.2 Å². The van der Waals surface area contributed by atoms with Gasteiger partial charge < -0.3 is 9.47 Å². The van der Waals surface area contributed by atoms with E-state index in [0.717, 1.165) is 10.2 Å². The number of hydrogen-bond acceptors (Lipinski definition) is 2. The molecular weight excluding hydrogens is 268 g/mol. The lowest BCUT2D eigenvalue weighted by atomic mass is 10.2. The lowest BCUT2D eigenvalue weighted by Gasteiger charge is -2.12. The van der Waals surface area contributed by atoms with Gasteiger partial charge in [-0.05, 0) is 46.5 Å². The Morgan fingerprint density at radius 2 is 2.06 bits per heavy atom. The fourth-order valence-corrected chi connectivity index (χ4v) is 2.66. The molecule has 0 N–H and O–H groups in total. The van der Waals surface area contributed by atoms with Crippen molar-refractivity contribution in [1.29, 1.82) is 0 Å². The first-order valence-electron chi connectivity index (χ1n) is 5.73. The van der Waals surface area contributed by atoms with Crippen LogP contribution in [0, 0.1) is 0 Å². The highest BCUT2D eigenvalue weighted by Crippen LogP contribution is 2.27. The molecule has 0 saturated heterocycles. The highest BCUT2D eigenvalue weighted by atomic mass is 79.9. The molecule has 0 aromatic heterocycles. The molecule has 1 aliphatic carbocycles. The molecule has 16 heavy (non-hydrogen) atoms. The lowest BCUT2D eigenvalue weighted by Crippen LogP contribution is -2.07. The summed E-state index contributed by atoms with van der Waals surface area (Å²) in [6, 6.07) is 6.09. The lowest BCUT2D eigenvalue weighted by molar-refractivity contribution is 0.0456. The number of benzene rings is 1.